The summed E-state index contributed by atoms with van der Waals surface area (Å²) in [6, 6.07) is 12.7. The molecule has 29 heavy (non-hydrogen) atoms. The van der Waals surface area contributed by atoms with Crippen LogP contribution in [0.3, 0.4) is 0 Å². The highest BCUT2D eigenvalue weighted by Crippen LogP contribution is 2.27. The summed E-state index contributed by atoms with van der Waals surface area (Å²) in [5, 5.41) is 2.68. The Labute approximate surface area is 170 Å². The molecular weight excluding hydrogens is 392 g/mol. The van der Waals surface area contributed by atoms with Gasteiger partial charge in [-0.3, -0.25) is 9.59 Å². The number of nitrogens with one attached hydrogen (secondary N) is 1. The van der Waals surface area contributed by atoms with E-state index in [-0.39, 0.29) is 30.9 Å². The topological polar surface area (TPSA) is 92.8 Å². The van der Waals surface area contributed by atoms with Crippen LogP contribution in [0.1, 0.15) is 24.0 Å². The zero-order chi connectivity index (χ0) is 21.0. The van der Waals surface area contributed by atoms with Crippen LogP contribution in [0.15, 0.2) is 53.4 Å². The summed E-state index contributed by atoms with van der Waals surface area (Å²) < 4.78 is 32.2. The molecule has 8 heteroatoms. The molecule has 0 aliphatic carbocycles. The minimum absolute atomic E-state index is 0.000892. The van der Waals surface area contributed by atoms with Gasteiger partial charge in [0.2, 0.25) is 11.8 Å². The van der Waals surface area contributed by atoms with E-state index in [2.05, 4.69) is 5.32 Å². The molecule has 0 unspecified atom stereocenters. The molecule has 1 heterocycles. The molecule has 1 N–H and O–H groups in total. The first-order valence-corrected chi connectivity index (χ1v) is 10.8. The van der Waals surface area contributed by atoms with Gasteiger partial charge in [0.15, 0.2) is 0 Å². The maximum atomic E-state index is 12.9. The van der Waals surface area contributed by atoms with Gasteiger partial charge < -0.3 is 10.1 Å². The fourth-order valence-electron chi connectivity index (χ4n) is 3.20. The van der Waals surface area contributed by atoms with Gasteiger partial charge in [0.25, 0.3) is 10.0 Å². The van der Waals surface area contributed by atoms with Crippen LogP contribution in [0.5, 0.6) is 5.75 Å². The van der Waals surface area contributed by atoms with E-state index in [4.69, 9.17) is 4.74 Å². The van der Waals surface area contributed by atoms with Gasteiger partial charge in [-0.1, -0.05) is 35.9 Å². The number of carbonyl (C=O) groups is 2. The Hall–Kier alpha value is -2.87. The first-order valence-electron chi connectivity index (χ1n) is 9.41. The Bertz CT molecular complexity index is 1000. The summed E-state index contributed by atoms with van der Waals surface area (Å²) in [5.74, 6) is -0.344. The fraction of sp³-hybridized carbons (Fsp3) is 0.333. The Kier molecular flexibility index (Phi) is 6.22. The molecule has 0 aromatic heterocycles. The molecule has 1 fully saturated rings. The van der Waals surface area contributed by atoms with Gasteiger partial charge in [0.1, 0.15) is 18.4 Å². The molecule has 0 saturated carbocycles. The van der Waals surface area contributed by atoms with E-state index in [0.717, 1.165) is 21.2 Å². The molecule has 3 rings (SSSR count). The highest BCUT2D eigenvalue weighted by molar-refractivity contribution is 7.89. The second-order valence-electron chi connectivity index (χ2n) is 6.97. The Morgan fingerprint density at radius 2 is 1.83 bits per heavy atom. The van der Waals surface area contributed by atoms with Crippen LogP contribution in [0.2, 0.25) is 0 Å². The van der Waals surface area contributed by atoms with Crippen molar-refractivity contribution in [2.24, 2.45) is 0 Å². The van der Waals surface area contributed by atoms with Gasteiger partial charge in [-0.25, -0.2) is 12.7 Å². The molecule has 154 valence electrons. The van der Waals surface area contributed by atoms with Crippen LogP contribution < -0.4 is 10.1 Å². The summed E-state index contributed by atoms with van der Waals surface area (Å²) in [6.45, 7) is 4.21. The van der Waals surface area contributed by atoms with Crippen molar-refractivity contribution in [3.8, 4) is 5.75 Å². The van der Waals surface area contributed by atoms with Gasteiger partial charge >= 0.3 is 0 Å². The maximum absolute atomic E-state index is 12.9. The zero-order valence-corrected chi connectivity index (χ0v) is 17.2. The van der Waals surface area contributed by atoms with Gasteiger partial charge in [-0.05, 0) is 44.0 Å². The molecule has 1 atom stereocenters. The van der Waals surface area contributed by atoms with Gasteiger partial charge in [0.05, 0.1) is 11.4 Å². The lowest BCUT2D eigenvalue weighted by atomic mass is 10.2. The van der Waals surface area contributed by atoms with Crippen LogP contribution in [0, 0.1) is 13.8 Å². The van der Waals surface area contributed by atoms with Gasteiger partial charge in [-0.15, -0.1) is 0 Å². The van der Waals surface area contributed by atoms with Crippen LogP contribution >= 0.6 is 0 Å². The van der Waals surface area contributed by atoms with Gasteiger partial charge in [-0.2, -0.15) is 0 Å². The van der Waals surface area contributed by atoms with Crippen LogP contribution in [-0.2, 0) is 19.6 Å². The second-order valence-corrected chi connectivity index (χ2v) is 8.78. The molecule has 1 saturated heterocycles. The van der Waals surface area contributed by atoms with E-state index < -0.39 is 27.9 Å². The number of rotatable bonds is 7. The first-order chi connectivity index (χ1) is 13.8. The number of sulfonamides is 1. The summed E-state index contributed by atoms with van der Waals surface area (Å²) in [7, 11) is -4.09. The Morgan fingerprint density at radius 1 is 1.14 bits per heavy atom. The number of hydrogen-bond donors (Lipinski definition) is 1. The summed E-state index contributed by atoms with van der Waals surface area (Å²) in [5.41, 5.74) is 1.88. The molecule has 1 aliphatic rings. The molecular formula is C21H24N2O5S. The van der Waals surface area contributed by atoms with E-state index in [1.807, 2.05) is 38.1 Å². The van der Waals surface area contributed by atoms with Crippen molar-refractivity contribution in [2.45, 2.75) is 37.6 Å². The second kappa shape index (κ2) is 8.65. The van der Waals surface area contributed by atoms with E-state index in [9.17, 15) is 18.0 Å². The van der Waals surface area contributed by atoms with E-state index in [1.165, 1.54) is 12.1 Å². The van der Waals surface area contributed by atoms with Crippen LogP contribution in [0.25, 0.3) is 0 Å². The first kappa shape index (κ1) is 20.9. The molecule has 2 aromatic rings. The van der Waals surface area contributed by atoms with E-state index in [0.29, 0.717) is 0 Å². The van der Waals surface area contributed by atoms with E-state index in [1.54, 1.807) is 12.1 Å². The number of hydrogen-bond acceptors (Lipinski definition) is 5. The summed E-state index contributed by atoms with van der Waals surface area (Å²) >= 11 is 0. The van der Waals surface area contributed by atoms with Gasteiger partial charge in [0, 0.05) is 6.42 Å². The third-order valence-corrected chi connectivity index (χ3v) is 6.64. The largest absolute Gasteiger partial charge is 0.491 e. The fourth-order valence-corrected chi connectivity index (χ4v) is 4.80. The zero-order valence-electron chi connectivity index (χ0n) is 16.4. The number of amides is 2. The summed E-state index contributed by atoms with van der Waals surface area (Å²) in [6.07, 6.45) is 0.178. The number of benzene rings is 2. The Morgan fingerprint density at radius 3 is 2.52 bits per heavy atom. The lowest BCUT2D eigenvalue weighted by molar-refractivity contribution is -0.130. The van der Waals surface area contributed by atoms with Crippen LogP contribution in [-0.4, -0.2) is 43.7 Å². The number of carbonyl (C=O) groups excluding carboxylic acids is 2. The lowest BCUT2D eigenvalue weighted by Gasteiger charge is -2.23. The molecule has 2 amide bonds. The third-order valence-electron chi connectivity index (χ3n) is 4.79. The lowest BCUT2D eigenvalue weighted by Crippen LogP contribution is -2.48. The highest BCUT2D eigenvalue weighted by Gasteiger charge is 2.44. The van der Waals surface area contributed by atoms with E-state index >= 15 is 0 Å². The average Bonchev–Trinajstić information content (AvgIpc) is 3.09. The monoisotopic (exact) mass is 416 g/mol. The standard InChI is InChI=1S/C21H24N2O5S/c1-15-7-9-17(10-8-15)29(26,27)23-18(11-12-20(23)24)21(25)22-13-14-28-19-6-4-3-5-16(19)2/h3-10,18H,11-14H2,1-2H3,(H,22,25)/t18-/m0/s1. The number of nitrogens with zero attached hydrogens (tertiary/aromatic N) is 1. The number of ether oxygens (including phenoxy) is 1. The SMILES string of the molecule is Cc1ccc(S(=O)(=O)N2C(=O)CC[C@H]2C(=O)NCCOc2ccccc2C)cc1. The van der Waals surface area contributed by atoms with Crippen molar-refractivity contribution in [1.29, 1.82) is 0 Å². The highest BCUT2D eigenvalue weighted by atomic mass is 32.2. The van der Waals surface area contributed by atoms with Crippen molar-refractivity contribution >= 4 is 21.8 Å². The normalized spacial score (nSPS) is 16.7. The molecule has 1 aliphatic heterocycles. The molecule has 2 aromatic carbocycles. The smallest absolute Gasteiger partial charge is 0.267 e. The molecule has 0 spiro atoms. The predicted octanol–water partition coefficient (Wildman–Crippen LogP) is 2.18. The van der Waals surface area contributed by atoms with Crippen molar-refractivity contribution in [3.63, 3.8) is 0 Å². The maximum Gasteiger partial charge on any atom is 0.267 e. The van der Waals surface area contributed by atoms with Crippen molar-refractivity contribution in [3.05, 3.63) is 59.7 Å². The number of aryl methyl sites for hydroxylation is 2. The van der Waals surface area contributed by atoms with Crippen molar-refractivity contribution in [1.82, 2.24) is 9.62 Å². The minimum atomic E-state index is -4.09. The third kappa shape index (κ3) is 4.59. The molecule has 7 nitrogen and oxygen atoms in total. The summed E-state index contributed by atoms with van der Waals surface area (Å²) in [4.78, 5) is 24.9. The Balaban J connectivity index is 1.64. The molecule has 0 bridgehead atoms. The number of para-hydroxylation sites is 1. The minimum Gasteiger partial charge on any atom is -0.491 e. The van der Waals surface area contributed by atoms with Crippen LogP contribution in [0.4, 0.5) is 0 Å². The van der Waals surface area contributed by atoms with Crippen molar-refractivity contribution < 1.29 is 22.7 Å². The predicted molar refractivity (Wildman–Crippen MR) is 108 cm³/mol. The quantitative estimate of drug-likeness (QED) is 0.699. The molecule has 0 radical (unpaired) electrons. The van der Waals surface area contributed by atoms with Crippen molar-refractivity contribution in [2.75, 3.05) is 13.2 Å². The average molecular weight is 416 g/mol.